The van der Waals surface area contributed by atoms with E-state index in [0.717, 1.165) is 36.0 Å². The highest BCUT2D eigenvalue weighted by molar-refractivity contribution is 7.89. The number of para-hydroxylation sites is 1. The van der Waals surface area contributed by atoms with Crippen LogP contribution in [-0.4, -0.2) is 75.4 Å². The molecular weight excluding hydrogens is 484 g/mol. The van der Waals surface area contributed by atoms with Crippen molar-refractivity contribution in [2.24, 2.45) is 0 Å². The van der Waals surface area contributed by atoms with Crippen LogP contribution in [0.25, 0.3) is 10.2 Å². The topological polar surface area (TPSA) is 83.0 Å². The van der Waals surface area contributed by atoms with Crippen molar-refractivity contribution in [1.82, 2.24) is 14.2 Å². The van der Waals surface area contributed by atoms with Gasteiger partial charge in [0.05, 0.1) is 16.2 Å². The van der Waals surface area contributed by atoms with E-state index in [2.05, 4.69) is 4.90 Å². The Morgan fingerprint density at radius 2 is 1.80 bits per heavy atom. The number of amides is 1. The Labute approximate surface area is 211 Å². The molecular formula is C25H32N4O4S2. The minimum absolute atomic E-state index is 0.203. The average molecular weight is 517 g/mol. The summed E-state index contributed by atoms with van der Waals surface area (Å²) < 4.78 is 33.9. The minimum atomic E-state index is -3.53. The normalized spacial score (nSPS) is 14.6. The fraction of sp³-hybridized carbons (Fsp3) is 0.440. The Kier molecular flexibility index (Phi) is 8.05. The molecule has 1 saturated heterocycles. The van der Waals surface area contributed by atoms with Crippen molar-refractivity contribution in [3.05, 3.63) is 48.0 Å². The van der Waals surface area contributed by atoms with Crippen molar-refractivity contribution >= 4 is 42.6 Å². The summed E-state index contributed by atoms with van der Waals surface area (Å²) in [7, 11) is 0.469. The van der Waals surface area contributed by atoms with E-state index >= 15 is 0 Å². The van der Waals surface area contributed by atoms with Crippen LogP contribution >= 0.6 is 11.3 Å². The van der Waals surface area contributed by atoms with Crippen LogP contribution in [0.3, 0.4) is 0 Å². The van der Waals surface area contributed by atoms with Gasteiger partial charge < -0.3 is 9.64 Å². The van der Waals surface area contributed by atoms with Crippen LogP contribution in [0.15, 0.2) is 47.4 Å². The van der Waals surface area contributed by atoms with Gasteiger partial charge in [0.1, 0.15) is 11.3 Å². The third kappa shape index (κ3) is 5.66. The zero-order valence-electron chi connectivity index (χ0n) is 20.4. The van der Waals surface area contributed by atoms with E-state index in [1.54, 1.807) is 17.0 Å². The Morgan fingerprint density at radius 1 is 1.09 bits per heavy atom. The molecule has 1 aliphatic rings. The van der Waals surface area contributed by atoms with Gasteiger partial charge in [0, 0.05) is 25.2 Å². The monoisotopic (exact) mass is 516 g/mol. The lowest BCUT2D eigenvalue weighted by atomic mass is 10.2. The van der Waals surface area contributed by atoms with Gasteiger partial charge in [-0.1, -0.05) is 17.4 Å². The van der Waals surface area contributed by atoms with Crippen LogP contribution in [0, 0.1) is 0 Å². The van der Waals surface area contributed by atoms with Crippen LogP contribution in [0.1, 0.15) is 36.5 Å². The molecule has 35 heavy (non-hydrogen) atoms. The molecule has 0 radical (unpaired) electrons. The standard InChI is InChI=1S/C25H32N4O4S2/c1-4-33-21-9-7-10-22-23(21)26-25(34-22)29(18-8-15-27(2)3)24(30)19-11-13-20(14-12-19)35(31,32)28-16-5-6-17-28/h7,9-14H,4-6,8,15-18H2,1-3H3. The van der Waals surface area contributed by atoms with Crippen molar-refractivity contribution in [3.8, 4) is 5.75 Å². The second kappa shape index (κ2) is 11.0. The number of sulfonamides is 1. The molecule has 4 rings (SSSR count). The maximum absolute atomic E-state index is 13.6. The first-order chi connectivity index (χ1) is 16.8. The molecule has 1 aliphatic heterocycles. The lowest BCUT2D eigenvalue weighted by Crippen LogP contribution is -2.33. The molecule has 188 valence electrons. The number of nitrogens with zero attached hydrogens (tertiary/aromatic N) is 4. The van der Waals surface area contributed by atoms with Gasteiger partial charge in [0.25, 0.3) is 5.91 Å². The van der Waals surface area contributed by atoms with Crippen molar-refractivity contribution in [2.75, 3.05) is 51.8 Å². The molecule has 10 heteroatoms. The molecule has 0 bridgehead atoms. The lowest BCUT2D eigenvalue weighted by Gasteiger charge is -2.21. The van der Waals surface area contributed by atoms with E-state index in [1.165, 1.54) is 27.8 Å². The lowest BCUT2D eigenvalue weighted by molar-refractivity contribution is 0.0986. The van der Waals surface area contributed by atoms with Crippen molar-refractivity contribution in [3.63, 3.8) is 0 Å². The maximum Gasteiger partial charge on any atom is 0.260 e. The zero-order valence-corrected chi connectivity index (χ0v) is 22.1. The zero-order chi connectivity index (χ0) is 25.0. The summed E-state index contributed by atoms with van der Waals surface area (Å²) in [6.07, 6.45) is 2.53. The average Bonchev–Trinajstić information content (AvgIpc) is 3.53. The van der Waals surface area contributed by atoms with Gasteiger partial charge in [0.15, 0.2) is 5.13 Å². The number of carbonyl (C=O) groups excluding carboxylic acids is 1. The molecule has 2 aromatic carbocycles. The number of thiazole rings is 1. The van der Waals surface area contributed by atoms with Gasteiger partial charge in [-0.25, -0.2) is 13.4 Å². The first-order valence-electron chi connectivity index (χ1n) is 11.9. The SMILES string of the molecule is CCOc1cccc2sc(N(CCCN(C)C)C(=O)c3ccc(S(=O)(=O)N4CCCC4)cc3)nc12. The van der Waals surface area contributed by atoms with Crippen LogP contribution in [0.4, 0.5) is 5.13 Å². The van der Waals surface area contributed by atoms with E-state index in [4.69, 9.17) is 9.72 Å². The molecule has 8 nitrogen and oxygen atoms in total. The summed E-state index contributed by atoms with van der Waals surface area (Å²) in [4.78, 5) is 22.4. The summed E-state index contributed by atoms with van der Waals surface area (Å²) in [5, 5.41) is 0.602. The molecule has 1 amide bonds. The maximum atomic E-state index is 13.6. The molecule has 0 spiro atoms. The Balaban J connectivity index is 1.63. The van der Waals surface area contributed by atoms with Gasteiger partial charge >= 0.3 is 0 Å². The van der Waals surface area contributed by atoms with E-state index in [1.807, 2.05) is 39.2 Å². The smallest absolute Gasteiger partial charge is 0.260 e. The molecule has 3 aromatic rings. The number of hydrogen-bond donors (Lipinski definition) is 0. The van der Waals surface area contributed by atoms with E-state index in [-0.39, 0.29) is 10.8 Å². The molecule has 1 fully saturated rings. The highest BCUT2D eigenvalue weighted by atomic mass is 32.2. The third-order valence-electron chi connectivity index (χ3n) is 5.94. The number of anilines is 1. The third-order valence-corrected chi connectivity index (χ3v) is 8.89. The van der Waals surface area contributed by atoms with E-state index < -0.39 is 10.0 Å². The number of rotatable bonds is 10. The summed E-state index contributed by atoms with van der Waals surface area (Å²) in [6.45, 7) is 4.87. The highest BCUT2D eigenvalue weighted by Crippen LogP contribution is 2.35. The molecule has 0 atom stereocenters. The molecule has 0 N–H and O–H groups in total. The summed E-state index contributed by atoms with van der Waals surface area (Å²) in [5.41, 5.74) is 1.17. The van der Waals surface area contributed by atoms with Gasteiger partial charge in [-0.2, -0.15) is 4.31 Å². The Bertz CT molecular complexity index is 1270. The predicted octanol–water partition coefficient (Wildman–Crippen LogP) is 4.08. The number of ether oxygens (including phenoxy) is 1. The molecule has 0 aliphatic carbocycles. The van der Waals surface area contributed by atoms with Crippen molar-refractivity contribution < 1.29 is 17.9 Å². The largest absolute Gasteiger partial charge is 0.492 e. The van der Waals surface area contributed by atoms with Gasteiger partial charge in [-0.15, -0.1) is 0 Å². The Hall–Kier alpha value is -2.53. The summed E-state index contributed by atoms with van der Waals surface area (Å²) in [6, 6.07) is 12.0. The fourth-order valence-corrected chi connectivity index (χ4v) is 6.66. The first-order valence-corrected chi connectivity index (χ1v) is 14.2. The first kappa shape index (κ1) is 25.6. The second-order valence-corrected chi connectivity index (χ2v) is 11.7. The quantitative estimate of drug-likeness (QED) is 0.404. The second-order valence-electron chi connectivity index (χ2n) is 8.78. The van der Waals surface area contributed by atoms with Crippen molar-refractivity contribution in [2.45, 2.75) is 31.1 Å². The number of hydrogen-bond acceptors (Lipinski definition) is 7. The fourth-order valence-electron chi connectivity index (χ4n) is 4.13. The Morgan fingerprint density at radius 3 is 2.46 bits per heavy atom. The van der Waals surface area contributed by atoms with E-state index in [9.17, 15) is 13.2 Å². The molecule has 0 saturated carbocycles. The summed E-state index contributed by atoms with van der Waals surface area (Å²) in [5.74, 6) is 0.496. The van der Waals surface area contributed by atoms with Crippen LogP contribution in [-0.2, 0) is 10.0 Å². The molecule has 0 unspecified atom stereocenters. The minimum Gasteiger partial charge on any atom is -0.492 e. The number of fused-ring (bicyclic) bond motifs is 1. The van der Waals surface area contributed by atoms with Crippen LogP contribution in [0.2, 0.25) is 0 Å². The van der Waals surface area contributed by atoms with Gasteiger partial charge in [-0.3, -0.25) is 9.69 Å². The van der Waals surface area contributed by atoms with E-state index in [0.29, 0.717) is 42.7 Å². The number of benzene rings is 2. The number of carbonyl (C=O) groups is 1. The summed E-state index contributed by atoms with van der Waals surface area (Å²) >= 11 is 1.45. The molecule has 2 heterocycles. The van der Waals surface area contributed by atoms with Crippen LogP contribution in [0.5, 0.6) is 5.75 Å². The van der Waals surface area contributed by atoms with Crippen LogP contribution < -0.4 is 9.64 Å². The van der Waals surface area contributed by atoms with Gasteiger partial charge in [-0.05, 0) is 83.2 Å². The number of aromatic nitrogens is 1. The van der Waals surface area contributed by atoms with Gasteiger partial charge in [0.2, 0.25) is 10.0 Å². The predicted molar refractivity (Wildman–Crippen MR) is 140 cm³/mol. The highest BCUT2D eigenvalue weighted by Gasteiger charge is 2.28. The molecule has 1 aromatic heterocycles. The van der Waals surface area contributed by atoms with Crippen molar-refractivity contribution in [1.29, 1.82) is 0 Å².